The second-order valence-electron chi connectivity index (χ2n) is 4.79. The van der Waals surface area contributed by atoms with Gasteiger partial charge in [0.05, 0.1) is 0 Å². The van der Waals surface area contributed by atoms with Gasteiger partial charge in [-0.3, -0.25) is 4.90 Å². The van der Waals surface area contributed by atoms with Crippen molar-refractivity contribution in [2.75, 3.05) is 26.2 Å². The van der Waals surface area contributed by atoms with Crippen LogP contribution in [-0.2, 0) is 0 Å². The Balaban J connectivity index is 0.00000180. The highest BCUT2D eigenvalue weighted by molar-refractivity contribution is 5.85. The predicted molar refractivity (Wildman–Crippen MR) is 77.4 cm³/mol. The van der Waals surface area contributed by atoms with Crippen molar-refractivity contribution in [3.63, 3.8) is 0 Å². The summed E-state index contributed by atoms with van der Waals surface area (Å²) in [7, 11) is 0. The highest BCUT2D eigenvalue weighted by atomic mass is 35.5. The molecule has 1 heterocycles. The number of phenolic OH excluding ortho intramolecular Hbond substituents is 1. The van der Waals surface area contributed by atoms with Gasteiger partial charge in [0.15, 0.2) is 0 Å². The van der Waals surface area contributed by atoms with Gasteiger partial charge in [0, 0.05) is 37.8 Å². The molecule has 0 aliphatic carbocycles. The summed E-state index contributed by atoms with van der Waals surface area (Å²) in [6.07, 6.45) is 1.96. The molecule has 0 aromatic heterocycles. The van der Waals surface area contributed by atoms with Crippen molar-refractivity contribution in [2.24, 2.45) is 0 Å². The Kier molecular flexibility index (Phi) is 6.55. The average molecular weight is 289 g/mol. The normalized spacial score (nSPS) is 17.8. The van der Waals surface area contributed by atoms with E-state index in [1.54, 1.807) is 0 Å². The summed E-state index contributed by atoms with van der Waals surface area (Å²) in [6.45, 7) is 5.92. The lowest BCUT2D eigenvalue weighted by molar-refractivity contribution is 0.162. The Bertz CT molecular complexity index is 397. The molecule has 1 aliphatic rings. The highest BCUT2D eigenvalue weighted by Gasteiger charge is 2.23. The molecule has 0 amide bonds. The van der Waals surface area contributed by atoms with Crippen LogP contribution in [0.5, 0.6) is 5.75 Å². The molecule has 1 saturated heterocycles. The minimum Gasteiger partial charge on any atom is -0.508 e. The van der Waals surface area contributed by atoms with Crippen molar-refractivity contribution in [3.05, 3.63) is 29.6 Å². The Morgan fingerprint density at radius 3 is 2.68 bits per heavy atom. The van der Waals surface area contributed by atoms with E-state index in [2.05, 4.69) is 17.1 Å². The molecule has 1 aromatic rings. The number of nitrogens with zero attached hydrogens (tertiary/aromatic N) is 1. The van der Waals surface area contributed by atoms with Gasteiger partial charge in [-0.25, -0.2) is 4.39 Å². The molecule has 0 spiro atoms. The number of phenols is 1. The van der Waals surface area contributed by atoms with Gasteiger partial charge in [-0.15, -0.1) is 12.4 Å². The van der Waals surface area contributed by atoms with Crippen molar-refractivity contribution in [3.8, 4) is 5.75 Å². The van der Waals surface area contributed by atoms with Crippen LogP contribution < -0.4 is 5.32 Å². The zero-order valence-corrected chi connectivity index (χ0v) is 12.0. The summed E-state index contributed by atoms with van der Waals surface area (Å²) >= 11 is 0. The minimum atomic E-state index is -0.279. The number of nitrogens with one attached hydrogen (secondary N) is 1. The molecule has 5 heteroatoms. The van der Waals surface area contributed by atoms with Crippen molar-refractivity contribution in [1.82, 2.24) is 10.2 Å². The van der Waals surface area contributed by atoms with Gasteiger partial charge in [0.25, 0.3) is 0 Å². The molecule has 2 rings (SSSR count). The maximum absolute atomic E-state index is 13.4. The van der Waals surface area contributed by atoms with E-state index in [1.807, 2.05) is 0 Å². The van der Waals surface area contributed by atoms with Crippen molar-refractivity contribution < 1.29 is 9.50 Å². The van der Waals surface area contributed by atoms with Crippen LogP contribution in [0.4, 0.5) is 4.39 Å². The van der Waals surface area contributed by atoms with Crippen LogP contribution in [0.15, 0.2) is 18.2 Å². The lowest BCUT2D eigenvalue weighted by atomic mass is 9.98. The predicted octanol–water partition coefficient (Wildman–Crippen LogP) is 2.70. The van der Waals surface area contributed by atoms with E-state index in [-0.39, 0.29) is 30.0 Å². The fourth-order valence-corrected chi connectivity index (χ4v) is 2.59. The Labute approximate surface area is 120 Å². The van der Waals surface area contributed by atoms with Crippen LogP contribution >= 0.6 is 12.4 Å². The maximum Gasteiger partial charge on any atom is 0.123 e. The molecule has 1 aromatic carbocycles. The lowest BCUT2D eigenvalue weighted by Crippen LogP contribution is -2.45. The van der Waals surface area contributed by atoms with E-state index in [0.29, 0.717) is 0 Å². The van der Waals surface area contributed by atoms with E-state index in [4.69, 9.17) is 0 Å². The van der Waals surface area contributed by atoms with Crippen LogP contribution in [0, 0.1) is 5.82 Å². The van der Waals surface area contributed by atoms with E-state index in [9.17, 15) is 9.50 Å². The number of hydrogen-bond acceptors (Lipinski definition) is 3. The summed E-state index contributed by atoms with van der Waals surface area (Å²) in [5.74, 6) is -0.0765. The minimum absolute atomic E-state index is 0. The molecule has 1 aliphatic heterocycles. The molecule has 108 valence electrons. The zero-order chi connectivity index (χ0) is 13.0. The number of hydrogen-bond donors (Lipinski definition) is 2. The summed E-state index contributed by atoms with van der Waals surface area (Å²) in [5, 5.41) is 13.3. The smallest absolute Gasteiger partial charge is 0.123 e. The number of rotatable bonds is 4. The number of benzene rings is 1. The molecule has 0 saturated carbocycles. The Morgan fingerprint density at radius 2 is 2.05 bits per heavy atom. The van der Waals surface area contributed by atoms with Gasteiger partial charge >= 0.3 is 0 Å². The molecule has 1 atom stereocenters. The van der Waals surface area contributed by atoms with E-state index >= 15 is 0 Å². The number of halogens is 2. The Hall–Kier alpha value is -0.840. The van der Waals surface area contributed by atoms with E-state index < -0.39 is 0 Å². The summed E-state index contributed by atoms with van der Waals surface area (Å²) in [6, 6.07) is 4.35. The topological polar surface area (TPSA) is 35.5 Å². The first-order chi connectivity index (χ1) is 8.72. The van der Waals surface area contributed by atoms with Gasteiger partial charge in [-0.1, -0.05) is 13.3 Å². The monoisotopic (exact) mass is 288 g/mol. The second kappa shape index (κ2) is 7.68. The van der Waals surface area contributed by atoms with Crippen LogP contribution in [0.2, 0.25) is 0 Å². The van der Waals surface area contributed by atoms with Gasteiger partial charge in [-0.2, -0.15) is 0 Å². The summed E-state index contributed by atoms with van der Waals surface area (Å²) < 4.78 is 13.4. The molecule has 0 radical (unpaired) electrons. The maximum atomic E-state index is 13.4. The lowest BCUT2D eigenvalue weighted by Gasteiger charge is -2.35. The quantitative estimate of drug-likeness (QED) is 0.894. The SMILES string of the molecule is CCC[C@@H](c1cc(F)ccc1O)N1CCNCC1.Cl. The van der Waals surface area contributed by atoms with Crippen LogP contribution in [0.3, 0.4) is 0 Å². The van der Waals surface area contributed by atoms with Gasteiger partial charge in [0.2, 0.25) is 0 Å². The van der Waals surface area contributed by atoms with Gasteiger partial charge < -0.3 is 10.4 Å². The van der Waals surface area contributed by atoms with Crippen LogP contribution in [0.1, 0.15) is 31.4 Å². The molecule has 2 N–H and O–H groups in total. The molecule has 1 fully saturated rings. The Morgan fingerprint density at radius 1 is 1.37 bits per heavy atom. The summed E-state index contributed by atoms with van der Waals surface area (Å²) in [5.41, 5.74) is 0.721. The van der Waals surface area contributed by atoms with Crippen LogP contribution in [0.25, 0.3) is 0 Å². The van der Waals surface area contributed by atoms with E-state index in [0.717, 1.165) is 44.6 Å². The number of piperazine rings is 1. The van der Waals surface area contributed by atoms with Crippen molar-refractivity contribution >= 4 is 12.4 Å². The molecule has 19 heavy (non-hydrogen) atoms. The largest absolute Gasteiger partial charge is 0.508 e. The molecule has 0 unspecified atom stereocenters. The average Bonchev–Trinajstić information content (AvgIpc) is 2.40. The third kappa shape index (κ3) is 4.06. The van der Waals surface area contributed by atoms with Crippen LogP contribution in [-0.4, -0.2) is 36.2 Å². The van der Waals surface area contributed by atoms with Crippen molar-refractivity contribution in [2.45, 2.75) is 25.8 Å². The van der Waals surface area contributed by atoms with Gasteiger partial charge in [-0.05, 0) is 24.6 Å². The van der Waals surface area contributed by atoms with Gasteiger partial charge in [0.1, 0.15) is 11.6 Å². The first kappa shape index (κ1) is 16.2. The molecular weight excluding hydrogens is 267 g/mol. The second-order valence-corrected chi connectivity index (χ2v) is 4.79. The standard InChI is InChI=1S/C14H21FN2O.ClH/c1-2-3-13(17-8-6-16-7-9-17)12-10-11(15)4-5-14(12)18;/h4-5,10,13,16,18H,2-3,6-9H2,1H3;1H/t13-;/m0./s1. The fourth-order valence-electron chi connectivity index (χ4n) is 2.59. The molecule has 3 nitrogen and oxygen atoms in total. The third-order valence-corrected chi connectivity index (χ3v) is 3.50. The van der Waals surface area contributed by atoms with Crippen molar-refractivity contribution in [1.29, 1.82) is 0 Å². The first-order valence-electron chi connectivity index (χ1n) is 6.65. The molecular formula is C14H22ClFN2O. The fraction of sp³-hybridized carbons (Fsp3) is 0.571. The highest BCUT2D eigenvalue weighted by Crippen LogP contribution is 2.32. The zero-order valence-electron chi connectivity index (χ0n) is 11.2. The first-order valence-corrected chi connectivity index (χ1v) is 6.65. The number of aromatic hydroxyl groups is 1. The summed E-state index contributed by atoms with van der Waals surface area (Å²) in [4.78, 5) is 2.33. The van der Waals surface area contributed by atoms with E-state index in [1.165, 1.54) is 18.2 Å². The molecule has 0 bridgehead atoms. The third-order valence-electron chi connectivity index (χ3n) is 3.50.